The van der Waals surface area contributed by atoms with Crippen LogP contribution in [-0.4, -0.2) is 36.1 Å². The van der Waals surface area contributed by atoms with Gasteiger partial charge in [-0.1, -0.05) is 17.7 Å². The summed E-state index contributed by atoms with van der Waals surface area (Å²) in [7, 11) is 1.82. The van der Waals surface area contributed by atoms with Gasteiger partial charge < -0.3 is 21.1 Å². The van der Waals surface area contributed by atoms with Crippen molar-refractivity contribution in [3.05, 3.63) is 41.5 Å². The number of likely N-dealkylation sites (N-methyl/N-ethyl adjacent to an activating group) is 1. The minimum absolute atomic E-state index is 0.0431. The molecule has 2 rings (SSSR count). The number of carbonyl (C=O) groups is 1. The Morgan fingerprint density at radius 3 is 2.86 bits per heavy atom. The average Bonchev–Trinajstić information content (AvgIpc) is 2.47. The molecule has 0 atom stereocenters. The molecule has 1 aromatic heterocycles. The Labute approximate surface area is 128 Å². The smallest absolute Gasteiger partial charge is 0.256 e. The number of aromatic nitrogens is 2. The maximum absolute atomic E-state index is 12.2. The Morgan fingerprint density at radius 2 is 2.14 bits per heavy atom. The van der Waals surface area contributed by atoms with Crippen molar-refractivity contribution in [3.8, 4) is 5.88 Å². The number of carbonyl (C=O) groups excluding carboxylic acids is 1. The summed E-state index contributed by atoms with van der Waals surface area (Å²) in [5, 5.41) is 5.65. The third kappa shape index (κ3) is 4.42. The van der Waals surface area contributed by atoms with Crippen molar-refractivity contribution in [1.82, 2.24) is 15.3 Å². The number of rotatable bonds is 6. The second-order valence-electron chi connectivity index (χ2n) is 4.73. The topological polar surface area (TPSA) is 102 Å². The molecule has 0 aliphatic heterocycles. The van der Waals surface area contributed by atoms with Gasteiger partial charge in [-0.15, -0.1) is 0 Å². The second kappa shape index (κ2) is 7.37. The summed E-state index contributed by atoms with van der Waals surface area (Å²) >= 11 is 0. The molecule has 4 N–H and O–H groups in total. The fourth-order valence-electron chi connectivity index (χ4n) is 1.81. The van der Waals surface area contributed by atoms with Crippen LogP contribution < -0.4 is 21.1 Å². The summed E-state index contributed by atoms with van der Waals surface area (Å²) in [6.07, 6.45) is 0. The lowest BCUT2D eigenvalue weighted by atomic mass is 10.1. The highest BCUT2D eigenvalue weighted by Gasteiger charge is 2.09. The van der Waals surface area contributed by atoms with Gasteiger partial charge in [0.2, 0.25) is 11.8 Å². The zero-order chi connectivity index (χ0) is 15.9. The number of nitrogen functional groups attached to an aromatic ring is 1. The lowest BCUT2D eigenvalue weighted by Gasteiger charge is -2.09. The summed E-state index contributed by atoms with van der Waals surface area (Å²) in [6, 6.07) is 8.82. The van der Waals surface area contributed by atoms with E-state index >= 15 is 0 Å². The highest BCUT2D eigenvalue weighted by molar-refractivity contribution is 6.03. The van der Waals surface area contributed by atoms with E-state index in [1.807, 2.05) is 26.1 Å². The molecular formula is C15H19N5O2. The van der Waals surface area contributed by atoms with Crippen molar-refractivity contribution in [2.45, 2.75) is 6.92 Å². The van der Waals surface area contributed by atoms with Crippen LogP contribution in [0.3, 0.4) is 0 Å². The van der Waals surface area contributed by atoms with Crippen LogP contribution in [0, 0.1) is 6.92 Å². The Hall–Kier alpha value is -2.67. The van der Waals surface area contributed by atoms with Crippen molar-refractivity contribution in [2.24, 2.45) is 0 Å². The first kappa shape index (κ1) is 15.7. The number of amides is 1. The quantitative estimate of drug-likeness (QED) is 0.693. The first-order valence-corrected chi connectivity index (χ1v) is 6.88. The van der Waals surface area contributed by atoms with Crippen LogP contribution in [0.15, 0.2) is 30.3 Å². The molecule has 7 nitrogen and oxygen atoms in total. The molecule has 0 saturated carbocycles. The van der Waals surface area contributed by atoms with Gasteiger partial charge in [-0.25, -0.2) is 0 Å². The monoisotopic (exact) mass is 301 g/mol. The zero-order valence-corrected chi connectivity index (χ0v) is 12.6. The lowest BCUT2D eigenvalue weighted by Crippen LogP contribution is -2.17. The fourth-order valence-corrected chi connectivity index (χ4v) is 1.81. The number of hydrogen-bond donors (Lipinski definition) is 3. The first-order valence-electron chi connectivity index (χ1n) is 6.88. The van der Waals surface area contributed by atoms with E-state index in [9.17, 15) is 4.79 Å². The third-order valence-corrected chi connectivity index (χ3v) is 2.84. The van der Waals surface area contributed by atoms with Gasteiger partial charge in [0.15, 0.2) is 0 Å². The minimum atomic E-state index is -0.261. The normalized spacial score (nSPS) is 10.3. The average molecular weight is 301 g/mol. The van der Waals surface area contributed by atoms with E-state index in [0.717, 1.165) is 5.56 Å². The van der Waals surface area contributed by atoms with Gasteiger partial charge in [0.05, 0.1) is 0 Å². The zero-order valence-electron chi connectivity index (χ0n) is 12.6. The van der Waals surface area contributed by atoms with Gasteiger partial charge in [0.25, 0.3) is 5.91 Å². The number of anilines is 2. The van der Waals surface area contributed by atoms with Gasteiger partial charge in [-0.3, -0.25) is 4.79 Å². The van der Waals surface area contributed by atoms with Gasteiger partial charge in [-0.2, -0.15) is 9.97 Å². The maximum Gasteiger partial charge on any atom is 0.256 e. The van der Waals surface area contributed by atoms with Crippen molar-refractivity contribution >= 4 is 17.7 Å². The van der Waals surface area contributed by atoms with E-state index in [1.54, 1.807) is 18.2 Å². The van der Waals surface area contributed by atoms with Gasteiger partial charge >= 0.3 is 0 Å². The van der Waals surface area contributed by atoms with E-state index in [2.05, 4.69) is 20.6 Å². The summed E-state index contributed by atoms with van der Waals surface area (Å²) in [5.74, 6) is 0.408. The predicted octanol–water partition coefficient (Wildman–Crippen LogP) is 1.22. The number of benzene rings is 1. The number of nitrogens with one attached hydrogen (secondary N) is 2. The van der Waals surface area contributed by atoms with Crippen LogP contribution in [0.5, 0.6) is 5.88 Å². The Bertz CT molecular complexity index is 660. The SMILES string of the molecule is CNCCOc1cc(NC(=O)c2cccc(C)c2)nc(N)n1. The van der Waals surface area contributed by atoms with Gasteiger partial charge in [0.1, 0.15) is 12.4 Å². The minimum Gasteiger partial charge on any atom is -0.476 e. The Balaban J connectivity index is 2.10. The van der Waals surface area contributed by atoms with Gasteiger partial charge in [-0.05, 0) is 26.1 Å². The molecule has 0 aliphatic carbocycles. The molecule has 0 fully saturated rings. The van der Waals surface area contributed by atoms with Gasteiger partial charge in [0, 0.05) is 18.2 Å². The van der Waals surface area contributed by atoms with E-state index in [0.29, 0.717) is 30.4 Å². The number of ether oxygens (including phenoxy) is 1. The summed E-state index contributed by atoms with van der Waals surface area (Å²) in [4.78, 5) is 20.1. The highest BCUT2D eigenvalue weighted by Crippen LogP contribution is 2.16. The molecule has 2 aromatic rings. The molecule has 0 bridgehead atoms. The number of nitrogens with two attached hydrogens (primary N) is 1. The van der Waals surface area contributed by atoms with Crippen LogP contribution in [-0.2, 0) is 0 Å². The van der Waals surface area contributed by atoms with Crippen molar-refractivity contribution in [3.63, 3.8) is 0 Å². The van der Waals surface area contributed by atoms with E-state index < -0.39 is 0 Å². The molecule has 0 aliphatic rings. The van der Waals surface area contributed by atoms with Crippen molar-refractivity contribution in [1.29, 1.82) is 0 Å². The Kier molecular flexibility index (Phi) is 5.26. The molecule has 1 amide bonds. The molecule has 1 heterocycles. The van der Waals surface area contributed by atoms with Crippen molar-refractivity contribution < 1.29 is 9.53 Å². The van der Waals surface area contributed by atoms with E-state index in [4.69, 9.17) is 10.5 Å². The van der Waals surface area contributed by atoms with Crippen LogP contribution in [0.25, 0.3) is 0 Å². The van der Waals surface area contributed by atoms with Crippen molar-refractivity contribution in [2.75, 3.05) is 31.2 Å². The molecular weight excluding hydrogens is 282 g/mol. The fraction of sp³-hybridized carbons (Fsp3) is 0.267. The van der Waals surface area contributed by atoms with E-state index in [1.165, 1.54) is 0 Å². The van der Waals surface area contributed by atoms with E-state index in [-0.39, 0.29) is 11.9 Å². The second-order valence-corrected chi connectivity index (χ2v) is 4.73. The predicted molar refractivity (Wildman–Crippen MR) is 85.0 cm³/mol. The van der Waals surface area contributed by atoms with Crippen LogP contribution in [0.1, 0.15) is 15.9 Å². The lowest BCUT2D eigenvalue weighted by molar-refractivity contribution is 0.102. The summed E-state index contributed by atoms with van der Waals surface area (Å²) in [6.45, 7) is 3.04. The van der Waals surface area contributed by atoms with Crippen LogP contribution >= 0.6 is 0 Å². The molecule has 1 aromatic carbocycles. The van der Waals surface area contributed by atoms with Crippen LogP contribution in [0.4, 0.5) is 11.8 Å². The number of aryl methyl sites for hydroxylation is 1. The molecule has 116 valence electrons. The van der Waals surface area contributed by atoms with Crippen LogP contribution in [0.2, 0.25) is 0 Å². The molecule has 0 unspecified atom stereocenters. The maximum atomic E-state index is 12.2. The molecule has 0 saturated heterocycles. The Morgan fingerprint density at radius 1 is 1.32 bits per heavy atom. The standard InChI is InChI=1S/C15H19N5O2/c1-10-4-3-5-11(8-10)14(21)18-12-9-13(20-15(16)19-12)22-7-6-17-2/h3-5,8-9,17H,6-7H2,1-2H3,(H3,16,18,19,20,21). The largest absolute Gasteiger partial charge is 0.476 e. The molecule has 22 heavy (non-hydrogen) atoms. The third-order valence-electron chi connectivity index (χ3n) is 2.84. The molecule has 0 spiro atoms. The number of hydrogen-bond acceptors (Lipinski definition) is 6. The highest BCUT2D eigenvalue weighted by atomic mass is 16.5. The first-order chi connectivity index (χ1) is 10.6. The number of nitrogens with zero attached hydrogens (tertiary/aromatic N) is 2. The summed E-state index contributed by atoms with van der Waals surface area (Å²) in [5.41, 5.74) is 7.19. The summed E-state index contributed by atoms with van der Waals surface area (Å²) < 4.78 is 5.43. The molecule has 7 heteroatoms. The molecule has 0 radical (unpaired) electrons.